The summed E-state index contributed by atoms with van der Waals surface area (Å²) in [4.78, 5) is 2.71. The first-order chi connectivity index (χ1) is 9.30. The van der Waals surface area contributed by atoms with Crippen LogP contribution in [0.5, 0.6) is 0 Å². The van der Waals surface area contributed by atoms with Crippen LogP contribution < -0.4 is 5.32 Å². The zero-order valence-corrected chi connectivity index (χ0v) is 12.5. The summed E-state index contributed by atoms with van der Waals surface area (Å²) in [5.41, 5.74) is 0.406. The van der Waals surface area contributed by atoms with E-state index in [1.54, 1.807) is 0 Å². The molecule has 2 atom stereocenters. The number of nitrogens with one attached hydrogen (secondary N) is 1. The fraction of sp³-hybridized carbons (Fsp3) is 1.00. The van der Waals surface area contributed by atoms with Crippen molar-refractivity contribution in [3.05, 3.63) is 0 Å². The molecule has 3 nitrogen and oxygen atoms in total. The Labute approximate surface area is 118 Å². The van der Waals surface area contributed by atoms with E-state index >= 15 is 0 Å². The maximum Gasteiger partial charge on any atom is 0.0547 e. The van der Waals surface area contributed by atoms with Crippen LogP contribution in [0, 0.1) is 11.3 Å². The summed E-state index contributed by atoms with van der Waals surface area (Å²) in [6.45, 7) is 9.34. The lowest BCUT2D eigenvalue weighted by Gasteiger charge is -2.32. The highest BCUT2D eigenvalue weighted by atomic mass is 16.5. The van der Waals surface area contributed by atoms with E-state index in [1.807, 2.05) is 0 Å². The second-order valence-corrected chi connectivity index (χ2v) is 7.14. The highest BCUT2D eigenvalue weighted by molar-refractivity contribution is 4.93. The number of hydrogen-bond donors (Lipinski definition) is 1. The normalized spacial score (nSPS) is 36.2. The summed E-state index contributed by atoms with van der Waals surface area (Å²) < 4.78 is 5.73. The largest absolute Gasteiger partial charge is 0.381 e. The average Bonchev–Trinajstić information content (AvgIpc) is 2.97. The van der Waals surface area contributed by atoms with Crippen molar-refractivity contribution in [2.45, 2.75) is 51.5 Å². The number of ether oxygens (including phenoxy) is 1. The molecule has 3 fully saturated rings. The summed E-state index contributed by atoms with van der Waals surface area (Å²) in [6.07, 6.45) is 8.21. The number of likely N-dealkylation sites (tertiary alicyclic amines) is 1. The number of rotatable bonds is 7. The van der Waals surface area contributed by atoms with Crippen LogP contribution in [-0.2, 0) is 4.74 Å². The van der Waals surface area contributed by atoms with Crippen molar-refractivity contribution in [3.63, 3.8) is 0 Å². The standard InChI is InChI=1S/C16H30N2O/c1-2-3-14-6-8-18(10-14)12-16(7-9-19-13-16)11-17-15-4-5-15/h14-15,17H,2-13H2,1H3. The quantitative estimate of drug-likeness (QED) is 0.765. The molecule has 19 heavy (non-hydrogen) atoms. The van der Waals surface area contributed by atoms with Crippen molar-refractivity contribution in [2.24, 2.45) is 11.3 Å². The smallest absolute Gasteiger partial charge is 0.0547 e. The van der Waals surface area contributed by atoms with Gasteiger partial charge < -0.3 is 15.0 Å². The molecule has 3 heteroatoms. The lowest BCUT2D eigenvalue weighted by molar-refractivity contribution is 0.116. The van der Waals surface area contributed by atoms with E-state index in [2.05, 4.69) is 17.1 Å². The third kappa shape index (κ3) is 3.71. The average molecular weight is 266 g/mol. The molecule has 0 bridgehead atoms. The maximum atomic E-state index is 5.73. The van der Waals surface area contributed by atoms with Gasteiger partial charge >= 0.3 is 0 Å². The Morgan fingerprint density at radius 1 is 1.32 bits per heavy atom. The molecular formula is C16H30N2O. The molecule has 110 valence electrons. The fourth-order valence-electron chi connectivity index (χ4n) is 3.79. The van der Waals surface area contributed by atoms with Gasteiger partial charge in [-0.2, -0.15) is 0 Å². The topological polar surface area (TPSA) is 24.5 Å². The van der Waals surface area contributed by atoms with Gasteiger partial charge in [-0.1, -0.05) is 13.3 Å². The van der Waals surface area contributed by atoms with Gasteiger partial charge in [0, 0.05) is 37.7 Å². The molecule has 0 spiro atoms. The fourth-order valence-corrected chi connectivity index (χ4v) is 3.79. The van der Waals surface area contributed by atoms with Crippen LogP contribution in [0.25, 0.3) is 0 Å². The van der Waals surface area contributed by atoms with Crippen LogP contribution in [0.1, 0.15) is 45.4 Å². The molecule has 0 aromatic heterocycles. The van der Waals surface area contributed by atoms with E-state index in [0.29, 0.717) is 5.41 Å². The molecule has 2 saturated heterocycles. The molecule has 1 N–H and O–H groups in total. The van der Waals surface area contributed by atoms with Crippen molar-refractivity contribution in [1.82, 2.24) is 10.2 Å². The Balaban J connectivity index is 1.49. The van der Waals surface area contributed by atoms with Gasteiger partial charge in [0.05, 0.1) is 6.61 Å². The maximum absolute atomic E-state index is 5.73. The zero-order chi connectivity index (χ0) is 13.1. The van der Waals surface area contributed by atoms with E-state index in [4.69, 9.17) is 4.74 Å². The predicted molar refractivity (Wildman–Crippen MR) is 78.3 cm³/mol. The molecule has 0 aromatic carbocycles. The van der Waals surface area contributed by atoms with Crippen LogP contribution in [0.2, 0.25) is 0 Å². The summed E-state index contributed by atoms with van der Waals surface area (Å²) >= 11 is 0. The van der Waals surface area contributed by atoms with Gasteiger partial charge in [-0.15, -0.1) is 0 Å². The van der Waals surface area contributed by atoms with Crippen LogP contribution in [-0.4, -0.2) is 50.3 Å². The van der Waals surface area contributed by atoms with Gasteiger partial charge in [-0.3, -0.25) is 0 Å². The third-order valence-electron chi connectivity index (χ3n) is 5.15. The first-order valence-corrected chi connectivity index (χ1v) is 8.33. The van der Waals surface area contributed by atoms with E-state index in [9.17, 15) is 0 Å². The van der Waals surface area contributed by atoms with Crippen molar-refractivity contribution in [2.75, 3.05) is 39.4 Å². The summed E-state index contributed by atoms with van der Waals surface area (Å²) in [5.74, 6) is 0.959. The molecule has 3 aliphatic rings. The van der Waals surface area contributed by atoms with Gasteiger partial charge in [-0.05, 0) is 44.6 Å². The first-order valence-electron chi connectivity index (χ1n) is 8.33. The van der Waals surface area contributed by atoms with Gasteiger partial charge in [0.15, 0.2) is 0 Å². The van der Waals surface area contributed by atoms with Crippen LogP contribution in [0.3, 0.4) is 0 Å². The molecule has 1 saturated carbocycles. The monoisotopic (exact) mass is 266 g/mol. The summed E-state index contributed by atoms with van der Waals surface area (Å²) in [6, 6.07) is 0.823. The number of nitrogens with zero attached hydrogens (tertiary/aromatic N) is 1. The molecular weight excluding hydrogens is 236 g/mol. The van der Waals surface area contributed by atoms with Crippen molar-refractivity contribution >= 4 is 0 Å². The molecule has 2 unspecified atom stereocenters. The van der Waals surface area contributed by atoms with Gasteiger partial charge in [0.25, 0.3) is 0 Å². The highest BCUT2D eigenvalue weighted by Crippen LogP contribution is 2.33. The minimum Gasteiger partial charge on any atom is -0.381 e. The minimum absolute atomic E-state index is 0.406. The van der Waals surface area contributed by atoms with Gasteiger partial charge in [-0.25, -0.2) is 0 Å². The lowest BCUT2D eigenvalue weighted by Crippen LogP contribution is -2.44. The predicted octanol–water partition coefficient (Wildman–Crippen LogP) is 2.27. The first kappa shape index (κ1) is 13.8. The second-order valence-electron chi connectivity index (χ2n) is 7.14. The minimum atomic E-state index is 0.406. The molecule has 2 heterocycles. The Kier molecular flexibility index (Phi) is 4.45. The molecule has 0 aromatic rings. The van der Waals surface area contributed by atoms with Crippen molar-refractivity contribution < 1.29 is 4.74 Å². The Morgan fingerprint density at radius 3 is 2.89 bits per heavy atom. The van der Waals surface area contributed by atoms with E-state index in [0.717, 1.165) is 25.2 Å². The Hall–Kier alpha value is -0.120. The molecule has 0 radical (unpaired) electrons. The SMILES string of the molecule is CCCC1CCN(CC2(CNC3CC3)CCOC2)C1. The summed E-state index contributed by atoms with van der Waals surface area (Å²) in [7, 11) is 0. The van der Waals surface area contributed by atoms with E-state index < -0.39 is 0 Å². The molecule has 2 aliphatic heterocycles. The summed E-state index contributed by atoms with van der Waals surface area (Å²) in [5, 5.41) is 3.74. The van der Waals surface area contributed by atoms with Crippen LogP contribution in [0.4, 0.5) is 0 Å². The van der Waals surface area contributed by atoms with Gasteiger partial charge in [0.2, 0.25) is 0 Å². The third-order valence-corrected chi connectivity index (χ3v) is 5.15. The van der Waals surface area contributed by atoms with E-state index in [-0.39, 0.29) is 0 Å². The number of hydrogen-bond acceptors (Lipinski definition) is 3. The van der Waals surface area contributed by atoms with Crippen molar-refractivity contribution in [1.29, 1.82) is 0 Å². The Bertz CT molecular complexity index is 284. The van der Waals surface area contributed by atoms with E-state index in [1.165, 1.54) is 64.7 Å². The lowest BCUT2D eigenvalue weighted by atomic mass is 9.86. The zero-order valence-electron chi connectivity index (χ0n) is 12.5. The molecule has 3 rings (SSSR count). The van der Waals surface area contributed by atoms with Crippen LogP contribution >= 0.6 is 0 Å². The van der Waals surface area contributed by atoms with Crippen molar-refractivity contribution in [3.8, 4) is 0 Å². The second kappa shape index (κ2) is 6.11. The Morgan fingerprint density at radius 2 is 2.21 bits per heavy atom. The van der Waals surface area contributed by atoms with Gasteiger partial charge in [0.1, 0.15) is 0 Å². The highest BCUT2D eigenvalue weighted by Gasteiger charge is 2.39. The molecule has 0 amide bonds. The van der Waals surface area contributed by atoms with Crippen LogP contribution in [0.15, 0.2) is 0 Å². The molecule has 1 aliphatic carbocycles.